The molecule has 0 saturated carbocycles. The number of rotatable bonds is 14. The van der Waals surface area contributed by atoms with E-state index in [1.165, 1.54) is 10.6 Å². The van der Waals surface area contributed by atoms with Gasteiger partial charge in [-0.3, -0.25) is 13.9 Å². The lowest BCUT2D eigenvalue weighted by Crippen LogP contribution is -2.52. The SMILES string of the molecule is CC[C@H](C)NC(=O)[C@@H](Cc1ccccc1)N(Cc1ccc(C)cc1)C(=O)CCCN(c1cc(C)ccc1C)S(C)(=O)=O. The molecule has 0 saturated heterocycles. The van der Waals surface area contributed by atoms with Gasteiger partial charge in [0.15, 0.2) is 0 Å². The fraction of sp³-hybridized carbons (Fsp3) is 0.412. The van der Waals surface area contributed by atoms with Gasteiger partial charge >= 0.3 is 0 Å². The van der Waals surface area contributed by atoms with Gasteiger partial charge in [-0.25, -0.2) is 8.42 Å². The topological polar surface area (TPSA) is 86.8 Å². The Hall–Kier alpha value is -3.65. The molecular formula is C34H45N3O4S. The zero-order valence-corrected chi connectivity index (χ0v) is 26.6. The van der Waals surface area contributed by atoms with Crippen molar-refractivity contribution in [1.29, 1.82) is 0 Å². The van der Waals surface area contributed by atoms with Crippen molar-refractivity contribution in [2.75, 3.05) is 17.1 Å². The van der Waals surface area contributed by atoms with Crippen LogP contribution >= 0.6 is 0 Å². The molecule has 0 aliphatic heterocycles. The normalized spacial score (nSPS) is 12.8. The van der Waals surface area contributed by atoms with Crippen molar-refractivity contribution >= 4 is 27.5 Å². The monoisotopic (exact) mass is 591 g/mol. The van der Waals surface area contributed by atoms with Crippen LogP contribution in [0.5, 0.6) is 0 Å². The van der Waals surface area contributed by atoms with Crippen LogP contribution in [-0.4, -0.2) is 50.0 Å². The third-order valence-corrected chi connectivity index (χ3v) is 8.71. The van der Waals surface area contributed by atoms with Gasteiger partial charge in [0.05, 0.1) is 11.9 Å². The van der Waals surface area contributed by atoms with Crippen LogP contribution in [0.1, 0.15) is 60.9 Å². The van der Waals surface area contributed by atoms with E-state index in [4.69, 9.17) is 0 Å². The van der Waals surface area contributed by atoms with Crippen molar-refractivity contribution in [2.24, 2.45) is 0 Å². The predicted octanol–water partition coefficient (Wildman–Crippen LogP) is 5.71. The van der Waals surface area contributed by atoms with Crippen molar-refractivity contribution < 1.29 is 18.0 Å². The number of hydrogen-bond acceptors (Lipinski definition) is 4. The summed E-state index contributed by atoms with van der Waals surface area (Å²) in [6, 6.07) is 22.6. The second-order valence-corrected chi connectivity index (χ2v) is 13.2. The van der Waals surface area contributed by atoms with E-state index in [9.17, 15) is 18.0 Å². The predicted molar refractivity (Wildman–Crippen MR) is 171 cm³/mol. The van der Waals surface area contributed by atoms with Crippen molar-refractivity contribution in [1.82, 2.24) is 10.2 Å². The first-order valence-electron chi connectivity index (χ1n) is 14.6. The van der Waals surface area contributed by atoms with Gasteiger partial charge in [0.2, 0.25) is 21.8 Å². The molecule has 0 aliphatic carbocycles. The number of amides is 2. The summed E-state index contributed by atoms with van der Waals surface area (Å²) in [5.41, 5.74) is 5.43. The van der Waals surface area contributed by atoms with Gasteiger partial charge in [-0.05, 0) is 68.9 Å². The molecule has 0 heterocycles. The second kappa shape index (κ2) is 15.0. The maximum atomic E-state index is 14.0. The summed E-state index contributed by atoms with van der Waals surface area (Å²) >= 11 is 0. The molecule has 8 heteroatoms. The van der Waals surface area contributed by atoms with Crippen LogP contribution in [0.15, 0.2) is 72.8 Å². The highest BCUT2D eigenvalue weighted by Crippen LogP contribution is 2.25. The van der Waals surface area contributed by atoms with E-state index >= 15 is 0 Å². The average molecular weight is 592 g/mol. The molecule has 0 fully saturated rings. The van der Waals surface area contributed by atoms with Crippen molar-refractivity contribution in [3.63, 3.8) is 0 Å². The summed E-state index contributed by atoms with van der Waals surface area (Å²) in [7, 11) is -3.57. The zero-order chi connectivity index (χ0) is 30.9. The summed E-state index contributed by atoms with van der Waals surface area (Å²) in [6.07, 6.45) is 2.75. The maximum absolute atomic E-state index is 14.0. The van der Waals surface area contributed by atoms with E-state index in [0.29, 0.717) is 18.5 Å². The molecule has 42 heavy (non-hydrogen) atoms. The van der Waals surface area contributed by atoms with Crippen molar-refractivity contribution in [3.8, 4) is 0 Å². The van der Waals surface area contributed by atoms with E-state index in [-0.39, 0.29) is 37.4 Å². The standard InChI is InChI=1S/C34H45N3O4S/c1-7-28(5)35-34(39)32(23-29-12-9-8-10-13-29)36(24-30-19-16-25(2)17-20-30)33(38)14-11-21-37(42(6,40)41)31-22-26(3)15-18-27(31)4/h8-10,12-13,15-20,22,28,32H,7,11,14,21,23-24H2,1-6H3,(H,35,39)/t28-,32+/m0/s1. The fourth-order valence-corrected chi connectivity index (χ4v) is 5.87. The van der Waals surface area contributed by atoms with Gasteiger partial charge in [-0.15, -0.1) is 0 Å². The second-order valence-electron chi connectivity index (χ2n) is 11.3. The lowest BCUT2D eigenvalue weighted by molar-refractivity contribution is -0.141. The highest BCUT2D eigenvalue weighted by atomic mass is 32.2. The van der Waals surface area contributed by atoms with Crippen LogP contribution in [0.2, 0.25) is 0 Å². The van der Waals surface area contributed by atoms with E-state index in [1.54, 1.807) is 4.90 Å². The molecule has 1 N–H and O–H groups in total. The number of anilines is 1. The van der Waals surface area contributed by atoms with E-state index in [0.717, 1.165) is 34.2 Å². The molecule has 3 rings (SSSR count). The average Bonchev–Trinajstić information content (AvgIpc) is 2.95. The lowest BCUT2D eigenvalue weighted by atomic mass is 10.0. The van der Waals surface area contributed by atoms with E-state index in [1.807, 2.05) is 107 Å². The van der Waals surface area contributed by atoms with Crippen molar-refractivity contribution in [3.05, 3.63) is 101 Å². The van der Waals surface area contributed by atoms with E-state index < -0.39 is 16.1 Å². The first kappa shape index (κ1) is 32.9. The number of benzene rings is 3. The largest absolute Gasteiger partial charge is 0.352 e. The lowest BCUT2D eigenvalue weighted by Gasteiger charge is -2.33. The van der Waals surface area contributed by atoms with Gasteiger partial charge in [0.1, 0.15) is 6.04 Å². The molecule has 3 aromatic carbocycles. The smallest absolute Gasteiger partial charge is 0.243 e. The van der Waals surface area contributed by atoms with Gasteiger partial charge in [0.25, 0.3) is 0 Å². The van der Waals surface area contributed by atoms with Crippen LogP contribution in [0.25, 0.3) is 0 Å². The first-order valence-corrected chi connectivity index (χ1v) is 16.5. The Morgan fingerprint density at radius 3 is 2.14 bits per heavy atom. The Balaban J connectivity index is 1.90. The Bertz CT molecular complexity index is 1440. The molecule has 0 spiro atoms. The number of aryl methyl sites for hydroxylation is 3. The number of carbonyl (C=O) groups is 2. The molecule has 0 bridgehead atoms. The van der Waals surface area contributed by atoms with Gasteiger partial charge in [-0.1, -0.05) is 79.2 Å². The minimum absolute atomic E-state index is 0.0343. The van der Waals surface area contributed by atoms with E-state index in [2.05, 4.69) is 5.32 Å². The summed E-state index contributed by atoms with van der Waals surface area (Å²) in [4.78, 5) is 29.3. The summed E-state index contributed by atoms with van der Waals surface area (Å²) in [5, 5.41) is 3.09. The van der Waals surface area contributed by atoms with Gasteiger partial charge in [-0.2, -0.15) is 0 Å². The number of sulfonamides is 1. The minimum Gasteiger partial charge on any atom is -0.352 e. The summed E-state index contributed by atoms with van der Waals surface area (Å²) in [5.74, 6) is -0.382. The molecular weight excluding hydrogens is 546 g/mol. The van der Waals surface area contributed by atoms with Crippen molar-refractivity contribution in [2.45, 2.75) is 78.9 Å². The van der Waals surface area contributed by atoms with Crippen LogP contribution < -0.4 is 9.62 Å². The minimum atomic E-state index is -3.57. The number of nitrogens with zero attached hydrogens (tertiary/aromatic N) is 2. The van der Waals surface area contributed by atoms with Gasteiger partial charge in [0, 0.05) is 32.0 Å². The van der Waals surface area contributed by atoms with Crippen LogP contribution in [0.4, 0.5) is 5.69 Å². The molecule has 0 aliphatic rings. The molecule has 226 valence electrons. The highest BCUT2D eigenvalue weighted by molar-refractivity contribution is 7.92. The van der Waals surface area contributed by atoms with Crippen LogP contribution in [0.3, 0.4) is 0 Å². The third-order valence-electron chi connectivity index (χ3n) is 7.53. The third kappa shape index (κ3) is 9.44. The molecule has 2 atom stereocenters. The van der Waals surface area contributed by atoms with Crippen LogP contribution in [-0.2, 0) is 32.6 Å². The summed E-state index contributed by atoms with van der Waals surface area (Å²) in [6.45, 7) is 10.2. The Morgan fingerprint density at radius 2 is 1.52 bits per heavy atom. The molecule has 7 nitrogen and oxygen atoms in total. The molecule has 3 aromatic rings. The quantitative estimate of drug-likeness (QED) is 0.260. The first-order chi connectivity index (χ1) is 19.9. The van der Waals surface area contributed by atoms with Gasteiger partial charge < -0.3 is 10.2 Å². The maximum Gasteiger partial charge on any atom is 0.243 e. The molecule has 0 aromatic heterocycles. The fourth-order valence-electron chi connectivity index (χ4n) is 4.86. The highest BCUT2D eigenvalue weighted by Gasteiger charge is 2.31. The Morgan fingerprint density at radius 1 is 0.881 bits per heavy atom. The number of nitrogens with one attached hydrogen (secondary N) is 1. The molecule has 2 amide bonds. The summed E-state index contributed by atoms with van der Waals surface area (Å²) < 4.78 is 26.9. The molecule has 0 radical (unpaired) electrons. The Labute approximate surface area is 252 Å². The zero-order valence-electron chi connectivity index (χ0n) is 25.8. The number of hydrogen-bond donors (Lipinski definition) is 1. The number of carbonyl (C=O) groups excluding carboxylic acids is 2. The Kier molecular flexibility index (Phi) is 11.7. The van der Waals surface area contributed by atoms with Crippen LogP contribution in [0, 0.1) is 20.8 Å². The molecule has 0 unspecified atom stereocenters.